The topological polar surface area (TPSA) is 69.7 Å². The van der Waals surface area contributed by atoms with Crippen LogP contribution in [0.1, 0.15) is 12.5 Å². The third kappa shape index (κ3) is 4.87. The van der Waals surface area contributed by atoms with Crippen LogP contribution in [-0.4, -0.2) is 50.7 Å². The molecule has 3 aromatic carbocycles. The fraction of sp³-hybridized carbons (Fsp3) is 0.261. The molecule has 0 saturated heterocycles. The molecule has 0 radical (unpaired) electrons. The van der Waals surface area contributed by atoms with E-state index in [1.54, 1.807) is 12.1 Å². The Kier molecular flexibility index (Phi) is 6.55. The fourth-order valence-electron chi connectivity index (χ4n) is 3.15. The van der Waals surface area contributed by atoms with Gasteiger partial charge in [-0.1, -0.05) is 42.5 Å². The second-order valence-electron chi connectivity index (χ2n) is 7.58. The van der Waals surface area contributed by atoms with Gasteiger partial charge in [0.05, 0.1) is 10.9 Å². The second kappa shape index (κ2) is 8.95. The van der Waals surface area contributed by atoms with Gasteiger partial charge in [0, 0.05) is 26.3 Å². The summed E-state index contributed by atoms with van der Waals surface area (Å²) in [7, 11) is 1.29. The summed E-state index contributed by atoms with van der Waals surface area (Å²) in [6.07, 6.45) is 0. The third-order valence-electron chi connectivity index (χ3n) is 5.17. The monoisotopic (exact) mass is 425 g/mol. The Morgan fingerprint density at radius 1 is 0.933 bits per heavy atom. The molecule has 1 amide bonds. The van der Waals surface area contributed by atoms with Crippen LogP contribution in [0.2, 0.25) is 0 Å². The van der Waals surface area contributed by atoms with Crippen molar-refractivity contribution in [1.29, 1.82) is 0 Å². The van der Waals surface area contributed by atoms with Crippen LogP contribution in [0, 0.1) is 0 Å². The summed E-state index contributed by atoms with van der Waals surface area (Å²) in [4.78, 5) is 14.8. The summed E-state index contributed by atoms with van der Waals surface area (Å²) in [5.41, 5.74) is 1.57. The number of fused-ring (bicyclic) bond motifs is 1. The number of nitrogens with one attached hydrogen (secondary N) is 1. The Bertz CT molecular complexity index is 1160. The van der Waals surface area contributed by atoms with Gasteiger partial charge in [0.25, 0.3) is 0 Å². The van der Waals surface area contributed by atoms with Crippen LogP contribution in [0.5, 0.6) is 0 Å². The second-order valence-corrected chi connectivity index (χ2v) is 9.73. The number of hydrogen-bond acceptors (Lipinski definition) is 4. The van der Waals surface area contributed by atoms with Gasteiger partial charge in [-0.15, -0.1) is 0 Å². The number of carbonyl (C=O) groups is 1. The van der Waals surface area contributed by atoms with E-state index < -0.39 is 16.1 Å². The summed E-state index contributed by atoms with van der Waals surface area (Å²) in [5.74, 6) is -0.197. The summed E-state index contributed by atoms with van der Waals surface area (Å²) in [6.45, 7) is 2.45. The van der Waals surface area contributed by atoms with Gasteiger partial charge in [0.2, 0.25) is 15.9 Å². The van der Waals surface area contributed by atoms with Crippen molar-refractivity contribution in [1.82, 2.24) is 9.21 Å². The molecule has 3 rings (SSSR count). The quantitative estimate of drug-likeness (QED) is 0.629. The van der Waals surface area contributed by atoms with Crippen molar-refractivity contribution < 1.29 is 13.2 Å². The van der Waals surface area contributed by atoms with Crippen LogP contribution in [-0.2, 0) is 21.4 Å². The highest BCUT2D eigenvalue weighted by atomic mass is 32.2. The van der Waals surface area contributed by atoms with E-state index in [9.17, 15) is 13.2 Å². The van der Waals surface area contributed by atoms with E-state index in [0.29, 0.717) is 12.2 Å². The van der Waals surface area contributed by atoms with Crippen LogP contribution >= 0.6 is 0 Å². The minimum atomic E-state index is -3.56. The van der Waals surface area contributed by atoms with Crippen molar-refractivity contribution in [2.24, 2.45) is 0 Å². The number of sulfonamides is 1. The first-order chi connectivity index (χ1) is 14.2. The molecule has 0 spiro atoms. The minimum absolute atomic E-state index is 0.141. The molecule has 6 nitrogen and oxygen atoms in total. The number of rotatable bonds is 7. The Labute approximate surface area is 178 Å². The molecule has 0 heterocycles. The molecule has 0 aromatic heterocycles. The van der Waals surface area contributed by atoms with Crippen molar-refractivity contribution in [2.75, 3.05) is 26.5 Å². The lowest BCUT2D eigenvalue weighted by molar-refractivity contribution is -0.120. The Hall–Kier alpha value is -2.74. The largest absolute Gasteiger partial charge is 0.325 e. The number of anilines is 1. The third-order valence-corrected chi connectivity index (χ3v) is 6.98. The van der Waals surface area contributed by atoms with E-state index in [-0.39, 0.29) is 10.8 Å². The van der Waals surface area contributed by atoms with Gasteiger partial charge in [0.1, 0.15) is 0 Å². The highest BCUT2D eigenvalue weighted by molar-refractivity contribution is 7.89. The highest BCUT2D eigenvalue weighted by Crippen LogP contribution is 2.20. The number of benzene rings is 3. The molecule has 1 atom stereocenters. The molecule has 0 unspecified atom stereocenters. The number of amides is 1. The first kappa shape index (κ1) is 22.0. The normalized spacial score (nSPS) is 13.0. The molecule has 0 saturated carbocycles. The van der Waals surface area contributed by atoms with Gasteiger partial charge in [-0.2, -0.15) is 0 Å². The molecule has 158 valence electrons. The molecule has 0 bridgehead atoms. The van der Waals surface area contributed by atoms with Crippen LogP contribution in [0.25, 0.3) is 10.8 Å². The summed E-state index contributed by atoms with van der Waals surface area (Å²) in [6, 6.07) is 20.3. The lowest BCUT2D eigenvalue weighted by Gasteiger charge is -2.24. The predicted octanol–water partition coefficient (Wildman–Crippen LogP) is 3.55. The van der Waals surface area contributed by atoms with Crippen molar-refractivity contribution >= 4 is 32.4 Å². The van der Waals surface area contributed by atoms with Gasteiger partial charge < -0.3 is 5.32 Å². The summed E-state index contributed by atoms with van der Waals surface area (Å²) < 4.78 is 25.8. The van der Waals surface area contributed by atoms with Crippen LogP contribution in [0.4, 0.5) is 5.69 Å². The number of carbonyl (C=O) groups excluding carboxylic acids is 1. The molecule has 0 aliphatic rings. The molecule has 3 aromatic rings. The van der Waals surface area contributed by atoms with E-state index in [2.05, 4.69) is 35.6 Å². The molecule has 0 fully saturated rings. The van der Waals surface area contributed by atoms with E-state index >= 15 is 0 Å². The number of likely N-dealkylation sites (N-methyl/N-ethyl adjacent to an activating group) is 1. The van der Waals surface area contributed by atoms with Crippen LogP contribution < -0.4 is 5.32 Å². The predicted molar refractivity (Wildman–Crippen MR) is 121 cm³/mol. The lowest BCUT2D eigenvalue weighted by atomic mass is 10.1. The van der Waals surface area contributed by atoms with E-state index in [0.717, 1.165) is 9.87 Å². The Morgan fingerprint density at radius 2 is 1.63 bits per heavy atom. The molecule has 1 N–H and O–H groups in total. The van der Waals surface area contributed by atoms with Gasteiger partial charge in [-0.05, 0) is 54.6 Å². The number of nitrogens with zero attached hydrogens (tertiary/aromatic N) is 2. The summed E-state index contributed by atoms with van der Waals surface area (Å²) >= 11 is 0. The van der Waals surface area contributed by atoms with Gasteiger partial charge in [0.15, 0.2) is 0 Å². The Morgan fingerprint density at radius 3 is 2.33 bits per heavy atom. The van der Waals surface area contributed by atoms with Gasteiger partial charge >= 0.3 is 0 Å². The first-order valence-corrected chi connectivity index (χ1v) is 11.1. The molecule has 0 aliphatic heterocycles. The van der Waals surface area contributed by atoms with E-state index in [1.807, 2.05) is 31.0 Å². The zero-order chi connectivity index (χ0) is 21.9. The van der Waals surface area contributed by atoms with Crippen molar-refractivity contribution in [3.8, 4) is 0 Å². The van der Waals surface area contributed by atoms with Crippen LogP contribution in [0.15, 0.2) is 71.6 Å². The SMILES string of the molecule is C[C@@H](C(=O)Nc1cccc(S(=O)(=O)N(C)C)c1)N(C)Cc1ccc2ccccc2c1. The average Bonchev–Trinajstić information content (AvgIpc) is 2.73. The van der Waals surface area contributed by atoms with E-state index in [1.165, 1.54) is 37.0 Å². The highest BCUT2D eigenvalue weighted by Gasteiger charge is 2.21. The maximum Gasteiger partial charge on any atom is 0.242 e. The Balaban J connectivity index is 1.69. The number of hydrogen-bond donors (Lipinski definition) is 1. The first-order valence-electron chi connectivity index (χ1n) is 9.70. The van der Waals surface area contributed by atoms with Gasteiger partial charge in [-0.3, -0.25) is 9.69 Å². The maximum absolute atomic E-state index is 12.7. The standard InChI is InChI=1S/C23H27N3O3S/c1-17(26(4)16-18-12-13-19-8-5-6-9-20(19)14-18)23(27)24-21-10-7-11-22(15-21)30(28,29)25(2)3/h5-15,17H,16H2,1-4H3,(H,24,27)/t17-/m0/s1. The smallest absolute Gasteiger partial charge is 0.242 e. The minimum Gasteiger partial charge on any atom is -0.325 e. The molecule has 0 aliphatic carbocycles. The average molecular weight is 426 g/mol. The van der Waals surface area contributed by atoms with Gasteiger partial charge in [-0.25, -0.2) is 12.7 Å². The van der Waals surface area contributed by atoms with E-state index in [4.69, 9.17) is 0 Å². The lowest BCUT2D eigenvalue weighted by Crippen LogP contribution is -2.39. The molecular formula is C23H27N3O3S. The molecule has 30 heavy (non-hydrogen) atoms. The summed E-state index contributed by atoms with van der Waals surface area (Å²) in [5, 5.41) is 5.17. The zero-order valence-corrected chi connectivity index (χ0v) is 18.5. The molecular weight excluding hydrogens is 398 g/mol. The fourth-order valence-corrected chi connectivity index (χ4v) is 4.10. The zero-order valence-electron chi connectivity index (χ0n) is 17.7. The van der Waals surface area contributed by atoms with Crippen LogP contribution in [0.3, 0.4) is 0 Å². The van der Waals surface area contributed by atoms with Crippen molar-refractivity contribution in [3.63, 3.8) is 0 Å². The maximum atomic E-state index is 12.7. The van der Waals surface area contributed by atoms with Crippen molar-refractivity contribution in [2.45, 2.75) is 24.4 Å². The molecule has 7 heteroatoms. The van der Waals surface area contributed by atoms with Crippen molar-refractivity contribution in [3.05, 3.63) is 72.3 Å².